The quantitative estimate of drug-likeness (QED) is 0.493. The zero-order valence-corrected chi connectivity index (χ0v) is 6.64. The fraction of sp³-hybridized carbons (Fsp3) is 0. The first-order valence-corrected chi connectivity index (χ1v) is 2.57. The predicted octanol–water partition coefficient (Wildman–Crippen LogP) is -2.47. The molecule has 7 heteroatoms. The number of halogens is 1. The van der Waals surface area contributed by atoms with Crippen LogP contribution in [0.5, 0.6) is 0 Å². The first kappa shape index (κ1) is 31.6. The van der Waals surface area contributed by atoms with E-state index in [9.17, 15) is 0 Å². The van der Waals surface area contributed by atoms with Gasteiger partial charge in [0.15, 0.2) is 0 Å². The van der Waals surface area contributed by atoms with E-state index in [1.807, 2.05) is 0 Å². The van der Waals surface area contributed by atoms with Crippen molar-refractivity contribution in [1.82, 2.24) is 0 Å². The van der Waals surface area contributed by atoms with Crippen LogP contribution >= 0.6 is 0 Å². The van der Waals surface area contributed by atoms with E-state index in [1.54, 1.807) is 0 Å². The second kappa shape index (κ2) is 34.5. The third-order valence-electron chi connectivity index (χ3n) is 0. The van der Waals surface area contributed by atoms with Crippen molar-refractivity contribution in [1.29, 1.82) is 0 Å². The van der Waals surface area contributed by atoms with Gasteiger partial charge in [0.2, 0.25) is 0 Å². The van der Waals surface area contributed by atoms with Gasteiger partial charge in [-0.2, -0.15) is 0 Å². The van der Waals surface area contributed by atoms with Crippen molar-refractivity contribution in [3.63, 3.8) is 0 Å². The van der Waals surface area contributed by atoms with Gasteiger partial charge in [0.25, 0.3) is 0 Å². The molecule has 0 bridgehead atoms. The van der Waals surface area contributed by atoms with Crippen molar-refractivity contribution in [2.75, 3.05) is 0 Å². The monoisotopic (exact) mass is 267 g/mol. The van der Waals surface area contributed by atoms with Gasteiger partial charge in [0, 0.05) is 25.8 Å². The van der Waals surface area contributed by atoms with Gasteiger partial charge in [0.05, 0.1) is 0 Å². The van der Waals surface area contributed by atoms with E-state index in [2.05, 4.69) is 0 Å². The Kier molecular flexibility index (Phi) is 156. The van der Waals surface area contributed by atoms with E-state index in [0.29, 0.717) is 0 Å². The average Bonchev–Trinajstić information content (AvgIpc) is 0.918. The number of hydrogen-bond acceptors (Lipinski definition) is 1. The number of hydrogen-bond donors (Lipinski definition) is 1. The molecule has 0 saturated heterocycles. The van der Waals surface area contributed by atoms with Crippen molar-refractivity contribution in [2.45, 2.75) is 0 Å². The Hall–Kier alpha value is 3.35. The third kappa shape index (κ3) is 45.1. The molecule has 2 nitrogen and oxygen atoms in total. The molecule has 0 amide bonds. The second-order valence-electron chi connectivity index (χ2n) is 0.105. The molecule has 1 N–H and O–H groups in total. The number of rotatable bonds is 0. The molecule has 0 aliphatic heterocycles. The first-order chi connectivity index (χ1) is 1.41. The summed E-state index contributed by atoms with van der Waals surface area (Å²) in [5.41, 5.74) is 0. The van der Waals surface area contributed by atoms with Gasteiger partial charge in [-0.25, -0.2) is 0 Å². The summed E-state index contributed by atoms with van der Waals surface area (Å²) in [4.78, 5) is 0. The third-order valence-corrected chi connectivity index (χ3v) is 0. The molecule has 1 radical (unpaired) electrons. The van der Waals surface area contributed by atoms with Crippen LogP contribution in [0.1, 0.15) is 0 Å². The maximum atomic E-state index is 8.64. The summed E-state index contributed by atoms with van der Waals surface area (Å²) in [7, 11) is 0. The van der Waals surface area contributed by atoms with E-state index < -0.39 is 15.7 Å². The average molecular weight is 266 g/mol. The molecule has 0 aliphatic rings. The topological polar surface area (TPSA) is 37.3 Å². The Balaban J connectivity index is -0.00000000333. The van der Waals surface area contributed by atoms with Crippen LogP contribution in [0.3, 0.4) is 0 Å². The van der Waals surface area contributed by atoms with E-state index in [-0.39, 0.29) is 108 Å². The first-order valence-electron chi connectivity index (χ1n) is 0.494. The summed E-state index contributed by atoms with van der Waals surface area (Å²) in [5, 5.41) is 0. The van der Waals surface area contributed by atoms with Crippen LogP contribution in [0, 0.1) is 0 Å². The largest absolute Gasteiger partial charge is 0 e. The van der Waals surface area contributed by atoms with Crippen LogP contribution in [0.4, 0.5) is 4.70 Å². The summed E-state index contributed by atoms with van der Waals surface area (Å²) < 4.78 is 15.8. The van der Waals surface area contributed by atoms with E-state index in [0.717, 1.165) is 0 Å². The van der Waals surface area contributed by atoms with Crippen LogP contribution < -0.4 is 0 Å². The molecule has 0 unspecified atom stereocenters. The Morgan fingerprint density at radius 2 is 1.43 bits per heavy atom. The Morgan fingerprint density at radius 3 is 1.43 bits per heavy atom. The molecule has 0 aromatic heterocycles. The Labute approximate surface area is 128 Å². The zero-order valence-electron chi connectivity index (χ0n) is 2.42. The smallest absolute Gasteiger partial charge is 0 e. The zero-order chi connectivity index (χ0) is 2.71. The molecule has 0 spiro atoms. The van der Waals surface area contributed by atoms with Crippen LogP contribution in [0.25, 0.3) is 0 Å². The normalized spacial score (nSPS) is 1.71. The summed E-state index contributed by atoms with van der Waals surface area (Å²) in [6.07, 6.45) is 0. The molecule has 0 atom stereocenters. The summed E-state index contributed by atoms with van der Waals surface area (Å²) in [6, 6.07) is 0. The van der Waals surface area contributed by atoms with Gasteiger partial charge in [0.1, 0.15) is 0 Å². The Bertz CT molecular complexity index is 25.2. The minimum atomic E-state index is -1.94. The molecule has 0 saturated carbocycles. The summed E-state index contributed by atoms with van der Waals surface area (Å²) in [5.74, 6) is 0. The maximum absolute atomic E-state index is 8.64. The van der Waals surface area contributed by atoms with Gasteiger partial charge >= 0.3 is 101 Å². The standard InChI is InChI=1S/FH.GeH2O2.Li.Rb.Sc.2H/c;2-1-3;;;;;/h1H;1-2H;;;;;. The molecule has 0 rings (SSSR count). The second-order valence-corrected chi connectivity index (χ2v) is 0.548. The van der Waals surface area contributed by atoms with Crippen LogP contribution in [-0.2, 0) is 29.6 Å². The molecular weight excluding hydrogens is 261 g/mol. The van der Waals surface area contributed by atoms with Crippen LogP contribution in [-0.4, -0.2) is 96.9 Å². The fourth-order valence-electron chi connectivity index (χ4n) is 0. The summed E-state index contributed by atoms with van der Waals surface area (Å²) >= 11 is -1.94. The van der Waals surface area contributed by atoms with Gasteiger partial charge in [-0.3, -0.25) is 4.70 Å². The summed E-state index contributed by atoms with van der Waals surface area (Å²) in [6.45, 7) is 0. The van der Waals surface area contributed by atoms with Crippen LogP contribution in [0.15, 0.2) is 0 Å². The van der Waals surface area contributed by atoms with Gasteiger partial charge < -0.3 is 0 Å². The molecular formula is H5FGeLiO2RbSc. The van der Waals surface area contributed by atoms with Gasteiger partial charge in [-0.05, 0) is 0 Å². The van der Waals surface area contributed by atoms with E-state index in [4.69, 9.17) is 7.91 Å². The van der Waals surface area contributed by atoms with Crippen molar-refractivity contribution in [2.24, 2.45) is 0 Å². The SMILES string of the molecule is F.[LiH].[O]=[GeH][OH].[RbH].[Sc]. The molecule has 0 aliphatic carbocycles. The fourth-order valence-corrected chi connectivity index (χ4v) is 0. The Morgan fingerprint density at radius 1 is 1.43 bits per heavy atom. The molecule has 0 fully saturated rings. The van der Waals surface area contributed by atoms with Crippen LogP contribution in [0.2, 0.25) is 0 Å². The minimum Gasteiger partial charge on any atom is 0 e. The molecule has 0 aromatic rings. The van der Waals surface area contributed by atoms with Crippen molar-refractivity contribution in [3.8, 4) is 0 Å². The van der Waals surface area contributed by atoms with Crippen molar-refractivity contribution < 1.29 is 38.5 Å². The van der Waals surface area contributed by atoms with E-state index >= 15 is 0 Å². The molecule has 7 heavy (non-hydrogen) atoms. The van der Waals surface area contributed by atoms with Gasteiger partial charge in [-0.1, -0.05) is 0 Å². The molecule has 0 heterocycles. The van der Waals surface area contributed by atoms with E-state index in [1.165, 1.54) is 0 Å². The van der Waals surface area contributed by atoms with Crippen molar-refractivity contribution >= 4 is 92.8 Å². The maximum Gasteiger partial charge on any atom is 0 e. The molecule has 0 aromatic carbocycles. The van der Waals surface area contributed by atoms with Gasteiger partial charge in [-0.15, -0.1) is 0 Å². The minimum absolute atomic E-state index is 0. The predicted molar refractivity (Wildman–Crippen MR) is 26.9 cm³/mol. The molecule has 33 valence electrons. The van der Waals surface area contributed by atoms with Crippen molar-refractivity contribution in [3.05, 3.63) is 0 Å².